The molecule has 0 aromatic heterocycles. The van der Waals surface area contributed by atoms with Crippen LogP contribution >= 0.6 is 0 Å². The molecule has 1 aromatic carbocycles. The molecule has 2 nitrogen and oxygen atoms in total. The van der Waals surface area contributed by atoms with Crippen LogP contribution in [0, 0.1) is 0 Å². The van der Waals surface area contributed by atoms with Crippen molar-refractivity contribution in [1.82, 2.24) is 10.2 Å². The van der Waals surface area contributed by atoms with Crippen molar-refractivity contribution in [2.75, 3.05) is 6.54 Å². The minimum atomic E-state index is 0.227. The second-order valence-electron chi connectivity index (χ2n) is 7.36. The summed E-state index contributed by atoms with van der Waals surface area (Å²) in [6, 6.07) is 11.5. The summed E-state index contributed by atoms with van der Waals surface area (Å²) < 4.78 is 0. The molecule has 0 radical (unpaired) electrons. The van der Waals surface area contributed by atoms with Gasteiger partial charge in [0.25, 0.3) is 0 Å². The summed E-state index contributed by atoms with van der Waals surface area (Å²) in [4.78, 5) is 2.68. The fraction of sp³-hybridized carbons (Fsp3) is 0.667. The van der Waals surface area contributed by atoms with Gasteiger partial charge in [0.2, 0.25) is 0 Å². The van der Waals surface area contributed by atoms with E-state index in [-0.39, 0.29) is 11.1 Å². The van der Waals surface area contributed by atoms with Crippen molar-refractivity contribution in [2.24, 2.45) is 0 Å². The Morgan fingerprint density at radius 1 is 1.05 bits per heavy atom. The molecule has 1 aliphatic heterocycles. The normalized spacial score (nSPS) is 22.9. The number of piperidine rings is 1. The van der Waals surface area contributed by atoms with Crippen LogP contribution < -0.4 is 5.32 Å². The zero-order valence-electron chi connectivity index (χ0n) is 13.7. The van der Waals surface area contributed by atoms with Crippen LogP contribution in [0.3, 0.4) is 0 Å². The summed E-state index contributed by atoms with van der Waals surface area (Å²) in [6.07, 6.45) is 2.44. The highest BCUT2D eigenvalue weighted by molar-refractivity contribution is 5.16. The van der Waals surface area contributed by atoms with Gasteiger partial charge in [-0.3, -0.25) is 4.90 Å². The highest BCUT2D eigenvalue weighted by Gasteiger charge is 2.44. The van der Waals surface area contributed by atoms with Gasteiger partial charge in [0.1, 0.15) is 0 Å². The number of hydrogen-bond donors (Lipinski definition) is 1. The standard InChI is InChI=1S/C18H30N2/c1-6-19-16-12-17(2,3)20(18(4,5)13-16)14-15-10-8-7-9-11-15/h7-11,16,19H,6,12-14H2,1-5H3. The van der Waals surface area contributed by atoms with Gasteiger partial charge >= 0.3 is 0 Å². The summed E-state index contributed by atoms with van der Waals surface area (Å²) in [6.45, 7) is 13.9. The number of likely N-dealkylation sites (tertiary alicyclic amines) is 1. The SMILES string of the molecule is CCNC1CC(C)(C)N(Cc2ccccc2)C(C)(C)C1. The molecule has 1 saturated heterocycles. The Bertz CT molecular complexity index is 404. The summed E-state index contributed by atoms with van der Waals surface area (Å²) in [5.74, 6) is 0. The maximum absolute atomic E-state index is 3.65. The molecular formula is C18H30N2. The molecule has 0 amide bonds. The largest absolute Gasteiger partial charge is 0.314 e. The molecule has 2 rings (SSSR count). The fourth-order valence-corrected chi connectivity index (χ4v) is 3.94. The molecule has 1 heterocycles. The summed E-state index contributed by atoms with van der Waals surface area (Å²) in [5, 5.41) is 3.65. The van der Waals surface area contributed by atoms with Crippen LogP contribution in [0.1, 0.15) is 53.0 Å². The van der Waals surface area contributed by atoms with Crippen molar-refractivity contribution >= 4 is 0 Å². The first-order chi connectivity index (χ1) is 9.35. The minimum Gasteiger partial charge on any atom is -0.314 e. The first kappa shape index (κ1) is 15.5. The third-order valence-corrected chi connectivity index (χ3v) is 4.63. The maximum Gasteiger partial charge on any atom is 0.0244 e. The maximum atomic E-state index is 3.65. The zero-order chi connectivity index (χ0) is 14.8. The molecule has 0 spiro atoms. The van der Waals surface area contributed by atoms with Crippen LogP contribution in [-0.4, -0.2) is 28.6 Å². The lowest BCUT2D eigenvalue weighted by molar-refractivity contribution is -0.0473. The van der Waals surface area contributed by atoms with E-state index in [1.54, 1.807) is 0 Å². The van der Waals surface area contributed by atoms with Crippen LogP contribution in [0.2, 0.25) is 0 Å². The van der Waals surface area contributed by atoms with E-state index in [9.17, 15) is 0 Å². The van der Waals surface area contributed by atoms with Gasteiger partial charge in [0, 0.05) is 23.7 Å². The lowest BCUT2D eigenvalue weighted by Gasteiger charge is -2.55. The van der Waals surface area contributed by atoms with E-state index < -0.39 is 0 Å². The minimum absolute atomic E-state index is 0.227. The Kier molecular flexibility index (Phi) is 4.55. The number of benzene rings is 1. The van der Waals surface area contributed by atoms with Gasteiger partial charge in [0.05, 0.1) is 0 Å². The molecule has 20 heavy (non-hydrogen) atoms. The molecule has 1 aromatic rings. The quantitative estimate of drug-likeness (QED) is 0.898. The summed E-state index contributed by atoms with van der Waals surface area (Å²) in [5.41, 5.74) is 1.87. The van der Waals surface area contributed by atoms with Crippen LogP contribution in [-0.2, 0) is 6.54 Å². The van der Waals surface area contributed by atoms with E-state index >= 15 is 0 Å². The summed E-state index contributed by atoms with van der Waals surface area (Å²) in [7, 11) is 0. The zero-order valence-corrected chi connectivity index (χ0v) is 13.7. The molecule has 0 saturated carbocycles. The molecule has 0 aliphatic carbocycles. The van der Waals surface area contributed by atoms with Crippen molar-refractivity contribution < 1.29 is 0 Å². The van der Waals surface area contributed by atoms with Gasteiger partial charge < -0.3 is 5.32 Å². The molecule has 1 fully saturated rings. The van der Waals surface area contributed by atoms with Crippen LogP contribution in [0.15, 0.2) is 30.3 Å². The van der Waals surface area contributed by atoms with Gasteiger partial charge in [-0.25, -0.2) is 0 Å². The predicted molar refractivity (Wildman–Crippen MR) is 86.8 cm³/mol. The van der Waals surface area contributed by atoms with Gasteiger partial charge in [-0.05, 0) is 52.6 Å². The Morgan fingerprint density at radius 3 is 2.10 bits per heavy atom. The average molecular weight is 274 g/mol. The van der Waals surface area contributed by atoms with Gasteiger partial charge in [-0.2, -0.15) is 0 Å². The van der Waals surface area contributed by atoms with Gasteiger partial charge in [0.15, 0.2) is 0 Å². The molecule has 0 bridgehead atoms. The molecule has 1 N–H and O–H groups in total. The number of rotatable bonds is 4. The number of hydrogen-bond acceptors (Lipinski definition) is 2. The van der Waals surface area contributed by atoms with E-state index in [0.717, 1.165) is 13.1 Å². The Labute approximate surface area is 124 Å². The van der Waals surface area contributed by atoms with Gasteiger partial charge in [-0.15, -0.1) is 0 Å². The average Bonchev–Trinajstić information content (AvgIpc) is 2.35. The van der Waals surface area contributed by atoms with Crippen LogP contribution in [0.5, 0.6) is 0 Å². The van der Waals surface area contributed by atoms with Crippen molar-refractivity contribution in [3.63, 3.8) is 0 Å². The highest BCUT2D eigenvalue weighted by Crippen LogP contribution is 2.39. The van der Waals surface area contributed by atoms with E-state index in [0.29, 0.717) is 6.04 Å². The molecule has 0 unspecified atom stereocenters. The smallest absolute Gasteiger partial charge is 0.0244 e. The van der Waals surface area contributed by atoms with Crippen LogP contribution in [0.4, 0.5) is 0 Å². The second kappa shape index (κ2) is 5.87. The first-order valence-electron chi connectivity index (χ1n) is 7.90. The van der Waals surface area contributed by atoms with Crippen molar-refractivity contribution in [3.05, 3.63) is 35.9 Å². The fourth-order valence-electron chi connectivity index (χ4n) is 3.94. The van der Waals surface area contributed by atoms with Crippen molar-refractivity contribution in [1.29, 1.82) is 0 Å². The Hall–Kier alpha value is -0.860. The first-order valence-corrected chi connectivity index (χ1v) is 7.90. The number of nitrogens with zero attached hydrogens (tertiary/aromatic N) is 1. The molecule has 2 heteroatoms. The van der Waals surface area contributed by atoms with E-state index in [1.165, 1.54) is 18.4 Å². The monoisotopic (exact) mass is 274 g/mol. The highest BCUT2D eigenvalue weighted by atomic mass is 15.3. The third-order valence-electron chi connectivity index (χ3n) is 4.63. The Balaban J connectivity index is 2.18. The second-order valence-corrected chi connectivity index (χ2v) is 7.36. The number of nitrogens with one attached hydrogen (secondary N) is 1. The van der Waals surface area contributed by atoms with E-state index in [4.69, 9.17) is 0 Å². The van der Waals surface area contributed by atoms with Crippen LogP contribution in [0.25, 0.3) is 0 Å². The lowest BCUT2D eigenvalue weighted by Crippen LogP contribution is -2.63. The predicted octanol–water partition coefficient (Wildman–Crippen LogP) is 3.82. The Morgan fingerprint density at radius 2 is 1.60 bits per heavy atom. The molecular weight excluding hydrogens is 244 g/mol. The topological polar surface area (TPSA) is 15.3 Å². The van der Waals surface area contributed by atoms with Crippen molar-refractivity contribution in [2.45, 2.75) is 71.1 Å². The molecule has 0 atom stereocenters. The van der Waals surface area contributed by atoms with Gasteiger partial charge in [-0.1, -0.05) is 37.3 Å². The lowest BCUT2D eigenvalue weighted by atomic mass is 9.76. The van der Waals surface area contributed by atoms with E-state index in [2.05, 4.69) is 75.2 Å². The molecule has 1 aliphatic rings. The third kappa shape index (κ3) is 3.42. The summed E-state index contributed by atoms with van der Waals surface area (Å²) >= 11 is 0. The van der Waals surface area contributed by atoms with Crippen molar-refractivity contribution in [3.8, 4) is 0 Å². The molecule has 112 valence electrons. The van der Waals surface area contributed by atoms with E-state index in [1.807, 2.05) is 0 Å².